The summed E-state index contributed by atoms with van der Waals surface area (Å²) in [5, 5.41) is 11.2. The molecular weight excluding hydrogens is 450 g/mol. The lowest BCUT2D eigenvalue weighted by Crippen LogP contribution is -2.50. The Balaban J connectivity index is 1.86. The SMILES string of the molecule is COc1cc(C)ccc1S(=O)(=O)NC(CCn1ccnc1[N+](=O)[O-])C(=O)N1CCC(C)CC1. The zero-order valence-electron chi connectivity index (χ0n) is 18.9. The molecule has 12 heteroatoms. The summed E-state index contributed by atoms with van der Waals surface area (Å²) in [5.74, 6) is -0.0456. The summed E-state index contributed by atoms with van der Waals surface area (Å²) in [6.45, 7) is 5.05. The van der Waals surface area contributed by atoms with Gasteiger partial charge in [-0.15, -0.1) is 0 Å². The van der Waals surface area contributed by atoms with Crippen LogP contribution in [0.15, 0.2) is 35.5 Å². The minimum absolute atomic E-state index is 0.0233. The monoisotopic (exact) mass is 479 g/mol. The van der Waals surface area contributed by atoms with Crippen LogP contribution in [-0.2, 0) is 21.4 Å². The van der Waals surface area contributed by atoms with E-state index in [1.54, 1.807) is 17.0 Å². The van der Waals surface area contributed by atoms with E-state index in [1.807, 2.05) is 6.92 Å². The minimum atomic E-state index is -4.11. The largest absolute Gasteiger partial charge is 0.495 e. The smallest absolute Gasteiger partial charge is 0.434 e. The Kier molecular flexibility index (Phi) is 7.69. The van der Waals surface area contributed by atoms with Crippen LogP contribution in [0.4, 0.5) is 5.95 Å². The maximum absolute atomic E-state index is 13.3. The lowest BCUT2D eigenvalue weighted by Gasteiger charge is -2.33. The standard InChI is InChI=1S/C21H29N5O6S/c1-15-6-10-24(11-7-15)20(27)17(8-12-25-13-9-22-21(25)26(28)29)23-33(30,31)19-5-4-16(2)14-18(19)32-3/h4-5,9,13-15,17,23H,6-8,10-12H2,1-3H3. The van der Waals surface area contributed by atoms with Gasteiger partial charge in [-0.05, 0) is 48.3 Å². The molecule has 1 saturated heterocycles. The first kappa shape index (κ1) is 24.6. The quantitative estimate of drug-likeness (QED) is 0.429. The van der Waals surface area contributed by atoms with Crippen LogP contribution in [0.5, 0.6) is 5.75 Å². The number of imidazole rings is 1. The molecule has 1 N–H and O–H groups in total. The fourth-order valence-corrected chi connectivity index (χ4v) is 5.22. The van der Waals surface area contributed by atoms with Crippen LogP contribution in [0.2, 0.25) is 0 Å². The van der Waals surface area contributed by atoms with Gasteiger partial charge in [0.15, 0.2) is 0 Å². The van der Waals surface area contributed by atoms with Gasteiger partial charge in [0.25, 0.3) is 0 Å². The molecule has 1 aliphatic heterocycles. The number of rotatable bonds is 9. The van der Waals surface area contributed by atoms with Crippen LogP contribution in [-0.4, -0.2) is 59.9 Å². The molecule has 1 atom stereocenters. The van der Waals surface area contributed by atoms with Gasteiger partial charge >= 0.3 is 5.95 Å². The lowest BCUT2D eigenvalue weighted by molar-refractivity contribution is -0.396. The van der Waals surface area contributed by atoms with E-state index in [-0.39, 0.29) is 35.5 Å². The fraction of sp³-hybridized carbons (Fsp3) is 0.524. The number of piperidine rings is 1. The number of likely N-dealkylation sites (tertiary alicyclic amines) is 1. The van der Waals surface area contributed by atoms with Crippen molar-refractivity contribution in [2.24, 2.45) is 5.92 Å². The van der Waals surface area contributed by atoms with Crippen LogP contribution in [0.3, 0.4) is 0 Å². The van der Waals surface area contributed by atoms with Crippen molar-refractivity contribution in [2.45, 2.75) is 50.6 Å². The van der Waals surface area contributed by atoms with Crippen molar-refractivity contribution in [1.82, 2.24) is 19.2 Å². The molecule has 1 aromatic heterocycles. The number of hydrogen-bond donors (Lipinski definition) is 1. The van der Waals surface area contributed by atoms with Crippen molar-refractivity contribution in [3.63, 3.8) is 0 Å². The maximum atomic E-state index is 13.3. The number of aromatic nitrogens is 2. The molecule has 11 nitrogen and oxygen atoms in total. The lowest BCUT2D eigenvalue weighted by atomic mass is 9.98. The molecule has 3 rings (SSSR count). The van der Waals surface area contributed by atoms with Crippen molar-refractivity contribution >= 4 is 21.9 Å². The van der Waals surface area contributed by atoms with Gasteiger partial charge in [-0.3, -0.25) is 4.79 Å². The van der Waals surface area contributed by atoms with E-state index in [0.717, 1.165) is 18.4 Å². The molecule has 1 fully saturated rings. The Morgan fingerprint density at radius 2 is 2.06 bits per heavy atom. The number of ether oxygens (including phenoxy) is 1. The van der Waals surface area contributed by atoms with Gasteiger partial charge in [0.2, 0.25) is 15.9 Å². The highest BCUT2D eigenvalue weighted by Crippen LogP contribution is 2.26. The molecule has 1 aliphatic rings. The Hall–Kier alpha value is -2.99. The second kappa shape index (κ2) is 10.3. The third-order valence-corrected chi connectivity index (χ3v) is 7.33. The Bertz CT molecular complexity index is 1110. The average Bonchev–Trinajstić information content (AvgIpc) is 3.25. The molecule has 1 amide bonds. The number of amides is 1. The summed E-state index contributed by atoms with van der Waals surface area (Å²) in [6, 6.07) is 3.58. The number of carbonyl (C=O) groups excluding carboxylic acids is 1. The van der Waals surface area contributed by atoms with Crippen LogP contribution >= 0.6 is 0 Å². The van der Waals surface area contributed by atoms with Gasteiger partial charge in [0.1, 0.15) is 29.1 Å². The van der Waals surface area contributed by atoms with Crippen LogP contribution < -0.4 is 9.46 Å². The summed E-state index contributed by atoms with van der Waals surface area (Å²) in [4.78, 5) is 29.1. The van der Waals surface area contributed by atoms with E-state index < -0.39 is 21.0 Å². The van der Waals surface area contributed by atoms with E-state index in [9.17, 15) is 23.3 Å². The number of benzene rings is 1. The summed E-state index contributed by atoms with van der Waals surface area (Å²) >= 11 is 0. The highest BCUT2D eigenvalue weighted by Gasteiger charge is 2.32. The number of hydrogen-bond acceptors (Lipinski definition) is 7. The summed E-state index contributed by atoms with van der Waals surface area (Å²) in [5.41, 5.74) is 0.827. The fourth-order valence-electron chi connectivity index (χ4n) is 3.85. The molecule has 0 radical (unpaired) electrons. The Morgan fingerprint density at radius 1 is 1.36 bits per heavy atom. The summed E-state index contributed by atoms with van der Waals surface area (Å²) < 4.78 is 35.5. The van der Waals surface area contributed by atoms with Gasteiger partial charge in [-0.2, -0.15) is 4.72 Å². The van der Waals surface area contributed by atoms with Gasteiger partial charge in [-0.25, -0.2) is 13.0 Å². The number of carbonyl (C=O) groups is 1. The first-order chi connectivity index (χ1) is 15.6. The molecule has 0 spiro atoms. The van der Waals surface area contributed by atoms with Crippen LogP contribution in [0.25, 0.3) is 0 Å². The van der Waals surface area contributed by atoms with Crippen molar-refractivity contribution in [3.05, 3.63) is 46.3 Å². The molecule has 180 valence electrons. The Labute approximate surface area is 192 Å². The zero-order chi connectivity index (χ0) is 24.2. The van der Waals surface area contributed by atoms with Crippen molar-refractivity contribution in [1.29, 1.82) is 0 Å². The van der Waals surface area contributed by atoms with E-state index in [0.29, 0.717) is 19.0 Å². The Morgan fingerprint density at radius 3 is 2.70 bits per heavy atom. The number of sulfonamides is 1. The van der Waals surface area contributed by atoms with Gasteiger partial charge < -0.3 is 19.8 Å². The van der Waals surface area contributed by atoms with Gasteiger partial charge in [0, 0.05) is 19.5 Å². The van der Waals surface area contributed by atoms with E-state index in [4.69, 9.17) is 4.74 Å². The molecule has 0 bridgehead atoms. The first-order valence-electron chi connectivity index (χ1n) is 10.7. The summed E-state index contributed by atoms with van der Waals surface area (Å²) in [7, 11) is -2.73. The van der Waals surface area contributed by atoms with Crippen molar-refractivity contribution in [2.75, 3.05) is 20.2 Å². The molecule has 1 aromatic carbocycles. The topological polar surface area (TPSA) is 137 Å². The third-order valence-electron chi connectivity index (χ3n) is 5.81. The highest BCUT2D eigenvalue weighted by atomic mass is 32.2. The van der Waals surface area contributed by atoms with E-state index in [2.05, 4.69) is 16.6 Å². The zero-order valence-corrected chi connectivity index (χ0v) is 19.7. The second-order valence-corrected chi connectivity index (χ2v) is 9.98. The number of aryl methyl sites for hydroxylation is 2. The third kappa shape index (κ3) is 5.88. The average molecular weight is 480 g/mol. The molecule has 33 heavy (non-hydrogen) atoms. The number of nitro groups is 1. The van der Waals surface area contributed by atoms with Gasteiger partial charge in [-0.1, -0.05) is 18.0 Å². The predicted molar refractivity (Wildman–Crippen MR) is 120 cm³/mol. The summed E-state index contributed by atoms with van der Waals surface area (Å²) in [6.07, 6.45) is 4.42. The second-order valence-electron chi connectivity index (χ2n) is 8.30. The van der Waals surface area contributed by atoms with Crippen LogP contribution in [0, 0.1) is 23.0 Å². The first-order valence-corrected chi connectivity index (χ1v) is 12.2. The molecular formula is C21H29N5O6S. The molecule has 1 unspecified atom stereocenters. The highest BCUT2D eigenvalue weighted by molar-refractivity contribution is 7.89. The number of methoxy groups -OCH3 is 1. The molecule has 2 heterocycles. The van der Waals surface area contributed by atoms with E-state index in [1.165, 1.54) is 30.1 Å². The van der Waals surface area contributed by atoms with E-state index >= 15 is 0 Å². The van der Waals surface area contributed by atoms with Crippen LogP contribution in [0.1, 0.15) is 31.7 Å². The molecule has 0 aliphatic carbocycles. The number of nitrogens with one attached hydrogen (secondary N) is 1. The minimum Gasteiger partial charge on any atom is -0.495 e. The maximum Gasteiger partial charge on any atom is 0.434 e. The van der Waals surface area contributed by atoms with Crippen molar-refractivity contribution in [3.8, 4) is 5.75 Å². The van der Waals surface area contributed by atoms with Gasteiger partial charge in [0.05, 0.1) is 13.7 Å². The molecule has 2 aromatic rings. The predicted octanol–water partition coefficient (Wildman–Crippen LogP) is 2.10. The number of nitrogens with zero attached hydrogens (tertiary/aromatic N) is 4. The molecule has 0 saturated carbocycles. The van der Waals surface area contributed by atoms with Crippen molar-refractivity contribution < 1.29 is 22.9 Å². The normalized spacial score (nSPS) is 15.9.